The third-order valence-electron chi connectivity index (χ3n) is 7.71. The minimum atomic E-state index is -1.61. The van der Waals surface area contributed by atoms with Crippen LogP contribution in [0.1, 0.15) is 56.2 Å². The van der Waals surface area contributed by atoms with Crippen LogP contribution in [-0.2, 0) is 14.3 Å². The van der Waals surface area contributed by atoms with Gasteiger partial charge in [0.05, 0.1) is 17.0 Å². The van der Waals surface area contributed by atoms with E-state index in [4.69, 9.17) is 27.1 Å². The lowest BCUT2D eigenvalue weighted by molar-refractivity contribution is -0.136. The summed E-state index contributed by atoms with van der Waals surface area (Å²) < 4.78 is 20.4. The molecule has 33 heavy (non-hydrogen) atoms. The second-order valence-electron chi connectivity index (χ2n) is 9.50. The fraction of sp³-hybridized carbons (Fsp3) is 0.400. The number of hydrogen-bond donors (Lipinski definition) is 2. The summed E-state index contributed by atoms with van der Waals surface area (Å²) in [6.07, 6.45) is 4.63. The van der Waals surface area contributed by atoms with E-state index in [0.717, 1.165) is 11.3 Å². The Bertz CT molecular complexity index is 1410. The number of ketones is 2. The summed E-state index contributed by atoms with van der Waals surface area (Å²) in [6.45, 7) is 1.87. The van der Waals surface area contributed by atoms with Gasteiger partial charge in [0.15, 0.2) is 11.0 Å². The number of Topliss-reactive ketones (excluding diaryl/α,β-unsaturated/α-hetero) is 2. The number of aliphatic hydroxyl groups is 1. The van der Waals surface area contributed by atoms with Crippen LogP contribution in [0.5, 0.6) is 0 Å². The molecule has 2 aliphatic heterocycles. The Morgan fingerprint density at radius 1 is 1.33 bits per heavy atom. The summed E-state index contributed by atoms with van der Waals surface area (Å²) in [5.74, 6) is -0.773. The minimum absolute atomic E-state index is 0.0220. The van der Waals surface area contributed by atoms with Crippen LogP contribution in [0.25, 0.3) is 17.0 Å². The topological polar surface area (TPSA) is 102 Å². The molecule has 0 saturated heterocycles. The maximum absolute atomic E-state index is 15.1. The molecule has 6 nitrogen and oxygen atoms in total. The molecule has 1 unspecified atom stereocenters. The predicted octanol–water partition coefficient (Wildman–Crippen LogP) is 1.90. The fourth-order valence-corrected chi connectivity index (χ4v) is 6.24. The van der Waals surface area contributed by atoms with Crippen molar-refractivity contribution in [1.29, 1.82) is 0 Å². The quantitative estimate of drug-likeness (QED) is 0.655. The highest BCUT2D eigenvalue weighted by Crippen LogP contribution is 2.55. The zero-order chi connectivity index (χ0) is 23.3. The van der Waals surface area contributed by atoms with E-state index < -0.39 is 22.9 Å². The largest absolute Gasteiger partial charge is 0.480 e. The molecular formula is C25H22ClFN2O4. The lowest BCUT2D eigenvalue weighted by Gasteiger charge is -2.47. The van der Waals surface area contributed by atoms with Crippen molar-refractivity contribution < 1.29 is 23.8 Å². The molecule has 0 aromatic heterocycles. The normalized spacial score (nSPS) is 32.0. The summed E-state index contributed by atoms with van der Waals surface area (Å²) >= 11 is 6.22. The van der Waals surface area contributed by atoms with Gasteiger partial charge in [-0.1, -0.05) is 6.92 Å². The molecule has 1 fully saturated rings. The van der Waals surface area contributed by atoms with Crippen LogP contribution in [0.4, 0.5) is 4.39 Å². The van der Waals surface area contributed by atoms with Crippen molar-refractivity contribution in [2.75, 3.05) is 6.61 Å². The number of fused-ring (bicyclic) bond motifs is 5. The Labute approximate surface area is 194 Å². The highest BCUT2D eigenvalue weighted by molar-refractivity contribution is 6.43. The number of nitrogens with zero attached hydrogens (tertiary/aromatic N) is 1. The van der Waals surface area contributed by atoms with E-state index in [2.05, 4.69) is 0 Å². The Balaban J connectivity index is 1.69. The van der Waals surface area contributed by atoms with Crippen molar-refractivity contribution in [2.24, 2.45) is 16.1 Å². The van der Waals surface area contributed by atoms with Crippen molar-refractivity contribution >= 4 is 45.9 Å². The third-order valence-corrected chi connectivity index (χ3v) is 8.01. The number of allylic oxidation sites excluding steroid dienone is 2. The zero-order valence-corrected chi connectivity index (χ0v) is 18.8. The van der Waals surface area contributed by atoms with Gasteiger partial charge in [-0.2, -0.15) is 0 Å². The molecule has 3 atom stereocenters. The van der Waals surface area contributed by atoms with Crippen molar-refractivity contribution in [3.8, 4) is 0 Å². The third kappa shape index (κ3) is 2.64. The van der Waals surface area contributed by atoms with E-state index in [1.165, 1.54) is 6.07 Å². The van der Waals surface area contributed by atoms with Crippen molar-refractivity contribution in [2.45, 2.75) is 50.7 Å². The van der Waals surface area contributed by atoms with Crippen LogP contribution < -0.4 is 16.2 Å². The second kappa shape index (κ2) is 6.72. The maximum atomic E-state index is 15.1. The molecular weight excluding hydrogens is 447 g/mol. The standard InChI is InChI=1S/C25H22ClFN2O4/c1-2-25(32)8-14-13-5-11-6-15(27)20-21(16(28)10-33-23(20)26)19(11)22(13)29-17-4-3-12(30)7-24(14,17)9-18(25)31/h5-6,8,16,32H,2-4,7,9-10,28H2,1H3/t16-,24?,25+/m1/s1. The van der Waals surface area contributed by atoms with Crippen LogP contribution in [0, 0.1) is 11.2 Å². The van der Waals surface area contributed by atoms with Crippen molar-refractivity contribution in [3.05, 3.63) is 50.7 Å². The first-order valence-corrected chi connectivity index (χ1v) is 11.5. The van der Waals surface area contributed by atoms with Gasteiger partial charge >= 0.3 is 0 Å². The summed E-state index contributed by atoms with van der Waals surface area (Å²) in [6, 6.07) is 0.792. The first-order valence-electron chi connectivity index (χ1n) is 11.1. The molecule has 5 aliphatic rings. The summed E-state index contributed by atoms with van der Waals surface area (Å²) in [7, 11) is 0. The number of halogens is 2. The summed E-state index contributed by atoms with van der Waals surface area (Å²) in [5.41, 5.74) is 7.92. The number of carbonyl (C=O) groups excluding carboxylic acids is 2. The first kappa shape index (κ1) is 21.0. The summed E-state index contributed by atoms with van der Waals surface area (Å²) in [4.78, 5) is 30.5. The fourth-order valence-electron chi connectivity index (χ4n) is 5.99. The molecule has 6 rings (SSSR count). The van der Waals surface area contributed by atoms with Gasteiger partial charge in [0.2, 0.25) is 0 Å². The highest BCUT2D eigenvalue weighted by atomic mass is 35.5. The van der Waals surface area contributed by atoms with Gasteiger partial charge in [-0.3, -0.25) is 14.6 Å². The number of aliphatic imine (C=N–C) groups is 1. The van der Waals surface area contributed by atoms with Gasteiger partial charge in [0, 0.05) is 41.5 Å². The van der Waals surface area contributed by atoms with Crippen molar-refractivity contribution in [3.63, 3.8) is 0 Å². The Morgan fingerprint density at radius 2 is 2.12 bits per heavy atom. The second-order valence-corrected chi connectivity index (χ2v) is 9.84. The van der Waals surface area contributed by atoms with Gasteiger partial charge in [0.25, 0.3) is 0 Å². The average molecular weight is 469 g/mol. The molecule has 0 bridgehead atoms. The van der Waals surface area contributed by atoms with E-state index >= 15 is 4.39 Å². The SMILES string of the molecule is CC[C@]1(O)C=C2C3=C(N=C4CCC(=O)CC24CC1=O)c1c2c(c(F)cc1=C3)=C(Cl)OC[C@H]2N. The first-order chi connectivity index (χ1) is 15.7. The molecule has 1 spiro atoms. The number of benzene rings is 1. The zero-order valence-electron chi connectivity index (χ0n) is 18.0. The Kier molecular flexibility index (Phi) is 4.27. The minimum Gasteiger partial charge on any atom is -0.480 e. The smallest absolute Gasteiger partial charge is 0.197 e. The number of nitrogens with two attached hydrogens (primary N) is 1. The molecule has 2 heterocycles. The Hall–Kier alpha value is -2.61. The van der Waals surface area contributed by atoms with Crippen LogP contribution in [0.3, 0.4) is 0 Å². The Morgan fingerprint density at radius 3 is 2.88 bits per heavy atom. The van der Waals surface area contributed by atoms with Crippen LogP contribution in [0.15, 0.2) is 28.3 Å². The monoisotopic (exact) mass is 468 g/mol. The van der Waals surface area contributed by atoms with Gasteiger partial charge < -0.3 is 15.6 Å². The molecule has 1 saturated carbocycles. The van der Waals surface area contributed by atoms with Crippen molar-refractivity contribution in [1.82, 2.24) is 0 Å². The molecule has 0 amide bonds. The van der Waals surface area contributed by atoms with E-state index in [1.807, 2.05) is 6.08 Å². The number of rotatable bonds is 1. The molecule has 1 aromatic carbocycles. The average Bonchev–Trinajstić information content (AvgIpc) is 3.13. The van der Waals surface area contributed by atoms with Gasteiger partial charge in [-0.05, 0) is 59.0 Å². The van der Waals surface area contributed by atoms with E-state index in [-0.39, 0.29) is 47.9 Å². The number of carbonyl (C=O) groups is 2. The highest BCUT2D eigenvalue weighted by Gasteiger charge is 2.55. The van der Waals surface area contributed by atoms with E-state index in [1.54, 1.807) is 13.0 Å². The molecule has 0 radical (unpaired) electrons. The van der Waals surface area contributed by atoms with E-state index in [9.17, 15) is 14.7 Å². The maximum Gasteiger partial charge on any atom is 0.197 e. The number of hydrogen-bond acceptors (Lipinski definition) is 6. The van der Waals surface area contributed by atoms with Crippen LogP contribution in [-0.4, -0.2) is 34.6 Å². The van der Waals surface area contributed by atoms with Crippen LogP contribution >= 0.6 is 11.6 Å². The van der Waals surface area contributed by atoms with E-state index in [0.29, 0.717) is 40.5 Å². The lowest BCUT2D eigenvalue weighted by Crippen LogP contribution is -2.52. The van der Waals surface area contributed by atoms with Crippen LogP contribution in [0.2, 0.25) is 0 Å². The lowest BCUT2D eigenvalue weighted by atomic mass is 9.57. The molecule has 3 aliphatic carbocycles. The van der Waals surface area contributed by atoms with Gasteiger partial charge in [-0.15, -0.1) is 0 Å². The van der Waals surface area contributed by atoms with Gasteiger partial charge in [0.1, 0.15) is 23.8 Å². The number of ether oxygens (including phenoxy) is 1. The molecule has 8 heteroatoms. The summed E-state index contributed by atoms with van der Waals surface area (Å²) in [5, 5.41) is 11.8. The molecule has 1 aromatic rings. The molecule has 3 N–H and O–H groups in total. The van der Waals surface area contributed by atoms with Gasteiger partial charge in [-0.25, -0.2) is 4.39 Å². The predicted molar refractivity (Wildman–Crippen MR) is 121 cm³/mol. The molecule has 170 valence electrons.